The molecule has 1 atom stereocenters. The van der Waals surface area contributed by atoms with Gasteiger partial charge in [0.25, 0.3) is 0 Å². The van der Waals surface area contributed by atoms with Crippen LogP contribution in [-0.2, 0) is 9.59 Å². The van der Waals surface area contributed by atoms with E-state index in [9.17, 15) is 9.59 Å². The predicted octanol–water partition coefficient (Wildman–Crippen LogP) is 2.71. The van der Waals surface area contributed by atoms with Crippen LogP contribution in [0.15, 0.2) is 30.3 Å². The number of ether oxygens (including phenoxy) is 1. The molecule has 1 amide bonds. The number of aliphatic carboxylic acids is 1. The van der Waals surface area contributed by atoms with Crippen molar-refractivity contribution in [2.75, 3.05) is 0 Å². The van der Waals surface area contributed by atoms with Gasteiger partial charge < -0.3 is 15.2 Å². The van der Waals surface area contributed by atoms with E-state index in [0.717, 1.165) is 11.3 Å². The lowest BCUT2D eigenvalue weighted by atomic mass is 10.0. The second kappa shape index (κ2) is 8.22. The number of amides is 1. The van der Waals surface area contributed by atoms with Crippen LogP contribution in [-0.4, -0.2) is 29.1 Å². The summed E-state index contributed by atoms with van der Waals surface area (Å²) in [5.41, 5.74) is 0.810. The molecule has 120 valence electrons. The highest BCUT2D eigenvalue weighted by Crippen LogP contribution is 2.15. The van der Waals surface area contributed by atoms with E-state index in [1.807, 2.05) is 38.1 Å². The minimum absolute atomic E-state index is 0.0740. The van der Waals surface area contributed by atoms with E-state index in [4.69, 9.17) is 9.84 Å². The van der Waals surface area contributed by atoms with Gasteiger partial charge in [-0.15, -0.1) is 0 Å². The summed E-state index contributed by atoms with van der Waals surface area (Å²) in [7, 11) is 0. The van der Waals surface area contributed by atoms with Crippen LogP contribution in [0.25, 0.3) is 6.08 Å². The fourth-order valence-corrected chi connectivity index (χ4v) is 1.85. The highest BCUT2D eigenvalue weighted by Gasteiger charge is 2.22. The number of carbonyl (C=O) groups is 2. The third-order valence-electron chi connectivity index (χ3n) is 2.89. The Hall–Kier alpha value is -2.30. The zero-order valence-electron chi connectivity index (χ0n) is 13.4. The van der Waals surface area contributed by atoms with Crippen LogP contribution in [0.5, 0.6) is 5.75 Å². The number of nitrogens with one attached hydrogen (secondary N) is 1. The summed E-state index contributed by atoms with van der Waals surface area (Å²) in [6.45, 7) is 7.37. The Bertz CT molecular complexity index is 549. The zero-order chi connectivity index (χ0) is 16.7. The summed E-state index contributed by atoms with van der Waals surface area (Å²) in [6, 6.07) is 6.45. The molecule has 0 radical (unpaired) electrons. The molecule has 0 aliphatic rings. The molecule has 5 heteroatoms. The molecule has 2 N–H and O–H groups in total. The first-order chi connectivity index (χ1) is 10.3. The van der Waals surface area contributed by atoms with E-state index < -0.39 is 17.9 Å². The first-order valence-corrected chi connectivity index (χ1v) is 7.27. The van der Waals surface area contributed by atoms with E-state index in [1.165, 1.54) is 6.08 Å². The third-order valence-corrected chi connectivity index (χ3v) is 2.89. The van der Waals surface area contributed by atoms with Crippen LogP contribution in [0.3, 0.4) is 0 Å². The number of carboxylic acid groups (broad SMARTS) is 1. The third kappa shape index (κ3) is 5.99. The standard InChI is InChI=1S/C17H23NO4/c1-11(2)16(17(20)21)18-15(19)9-8-13-6-5-7-14(10-13)22-12(3)4/h5-12,16H,1-4H3,(H,18,19)(H,20,21)/b9-8+. The Balaban J connectivity index is 2.71. The molecule has 0 saturated heterocycles. The van der Waals surface area contributed by atoms with Gasteiger partial charge in [0.2, 0.25) is 5.91 Å². The van der Waals surface area contributed by atoms with Gasteiger partial charge in [-0.25, -0.2) is 4.79 Å². The maximum Gasteiger partial charge on any atom is 0.326 e. The van der Waals surface area contributed by atoms with Crippen molar-refractivity contribution in [3.63, 3.8) is 0 Å². The average Bonchev–Trinajstić information content (AvgIpc) is 2.41. The Morgan fingerprint density at radius 1 is 1.23 bits per heavy atom. The van der Waals surface area contributed by atoms with Gasteiger partial charge in [-0.05, 0) is 43.5 Å². The number of rotatable bonds is 7. The summed E-state index contributed by atoms with van der Waals surface area (Å²) in [6.07, 6.45) is 3.03. The van der Waals surface area contributed by atoms with Gasteiger partial charge in [0.1, 0.15) is 11.8 Å². The number of benzene rings is 1. The molecule has 1 aromatic rings. The highest BCUT2D eigenvalue weighted by atomic mass is 16.5. The number of hydrogen-bond donors (Lipinski definition) is 2. The second-order valence-electron chi connectivity index (χ2n) is 5.64. The van der Waals surface area contributed by atoms with Crippen molar-refractivity contribution in [1.29, 1.82) is 0 Å². The smallest absolute Gasteiger partial charge is 0.326 e. The van der Waals surface area contributed by atoms with Crippen LogP contribution in [0.2, 0.25) is 0 Å². The van der Waals surface area contributed by atoms with Gasteiger partial charge >= 0.3 is 5.97 Å². The summed E-state index contributed by atoms with van der Waals surface area (Å²) >= 11 is 0. The molecule has 0 spiro atoms. The molecule has 22 heavy (non-hydrogen) atoms. The van der Waals surface area contributed by atoms with Gasteiger partial charge in [0.15, 0.2) is 0 Å². The van der Waals surface area contributed by atoms with Gasteiger partial charge in [-0.2, -0.15) is 0 Å². The molecule has 0 heterocycles. The minimum Gasteiger partial charge on any atom is -0.491 e. The fraction of sp³-hybridized carbons (Fsp3) is 0.412. The quantitative estimate of drug-likeness (QED) is 0.759. The Kier molecular flexibility index (Phi) is 6.63. The van der Waals surface area contributed by atoms with Crippen molar-refractivity contribution >= 4 is 18.0 Å². The summed E-state index contributed by atoms with van der Waals surface area (Å²) in [4.78, 5) is 22.8. The molecular formula is C17H23NO4. The molecule has 0 saturated carbocycles. The van der Waals surface area contributed by atoms with Crippen LogP contribution in [0.1, 0.15) is 33.3 Å². The number of carbonyl (C=O) groups excluding carboxylic acids is 1. The molecule has 0 aliphatic carbocycles. The Morgan fingerprint density at radius 2 is 1.91 bits per heavy atom. The monoisotopic (exact) mass is 305 g/mol. The van der Waals surface area contributed by atoms with Gasteiger partial charge in [-0.1, -0.05) is 26.0 Å². The maximum atomic E-state index is 11.8. The van der Waals surface area contributed by atoms with E-state index in [2.05, 4.69) is 5.32 Å². The summed E-state index contributed by atoms with van der Waals surface area (Å²) < 4.78 is 5.58. The van der Waals surface area contributed by atoms with Crippen molar-refractivity contribution in [2.24, 2.45) is 5.92 Å². The van der Waals surface area contributed by atoms with Crippen molar-refractivity contribution in [1.82, 2.24) is 5.32 Å². The van der Waals surface area contributed by atoms with E-state index >= 15 is 0 Å². The lowest BCUT2D eigenvalue weighted by Gasteiger charge is -2.16. The molecular weight excluding hydrogens is 282 g/mol. The molecule has 1 aromatic carbocycles. The molecule has 0 fully saturated rings. The number of carboxylic acids is 1. The zero-order valence-corrected chi connectivity index (χ0v) is 13.4. The van der Waals surface area contributed by atoms with Crippen molar-refractivity contribution in [2.45, 2.75) is 39.8 Å². The Labute approximate surface area is 131 Å². The minimum atomic E-state index is -1.04. The SMILES string of the molecule is CC(C)Oc1cccc(/C=C/C(=O)NC(C(=O)O)C(C)C)c1. The molecule has 5 nitrogen and oxygen atoms in total. The maximum absolute atomic E-state index is 11.8. The van der Waals surface area contributed by atoms with Crippen molar-refractivity contribution in [3.8, 4) is 5.75 Å². The van der Waals surface area contributed by atoms with Crippen LogP contribution in [0.4, 0.5) is 0 Å². The normalized spacial score (nSPS) is 12.6. The molecule has 0 aliphatic heterocycles. The van der Waals surface area contributed by atoms with Gasteiger partial charge in [-0.3, -0.25) is 4.79 Å². The highest BCUT2D eigenvalue weighted by molar-refractivity contribution is 5.94. The van der Waals surface area contributed by atoms with Crippen LogP contribution < -0.4 is 10.1 Å². The van der Waals surface area contributed by atoms with Gasteiger partial charge in [0, 0.05) is 6.08 Å². The van der Waals surface area contributed by atoms with Crippen LogP contribution >= 0.6 is 0 Å². The lowest BCUT2D eigenvalue weighted by Crippen LogP contribution is -2.43. The van der Waals surface area contributed by atoms with Crippen molar-refractivity contribution in [3.05, 3.63) is 35.9 Å². The van der Waals surface area contributed by atoms with E-state index in [-0.39, 0.29) is 12.0 Å². The topological polar surface area (TPSA) is 75.6 Å². The van der Waals surface area contributed by atoms with Gasteiger partial charge in [0.05, 0.1) is 6.10 Å². The largest absolute Gasteiger partial charge is 0.491 e. The van der Waals surface area contributed by atoms with E-state index in [1.54, 1.807) is 19.9 Å². The second-order valence-corrected chi connectivity index (χ2v) is 5.64. The molecule has 0 aromatic heterocycles. The van der Waals surface area contributed by atoms with E-state index in [0.29, 0.717) is 0 Å². The van der Waals surface area contributed by atoms with Crippen molar-refractivity contribution < 1.29 is 19.4 Å². The summed E-state index contributed by atoms with van der Waals surface area (Å²) in [5.74, 6) is -0.930. The average molecular weight is 305 g/mol. The fourth-order valence-electron chi connectivity index (χ4n) is 1.85. The number of hydrogen-bond acceptors (Lipinski definition) is 3. The van der Waals surface area contributed by atoms with Crippen LogP contribution in [0, 0.1) is 5.92 Å². The summed E-state index contributed by atoms with van der Waals surface area (Å²) in [5, 5.41) is 11.5. The first-order valence-electron chi connectivity index (χ1n) is 7.27. The molecule has 1 rings (SSSR count). The predicted molar refractivity (Wildman–Crippen MR) is 85.6 cm³/mol. The molecule has 1 unspecified atom stereocenters. The Morgan fingerprint density at radius 3 is 2.45 bits per heavy atom. The molecule has 0 bridgehead atoms. The lowest BCUT2D eigenvalue weighted by molar-refractivity contribution is -0.142. The first kappa shape index (κ1) is 17.8.